The number of carboxylic acids is 1. The van der Waals surface area contributed by atoms with Crippen molar-refractivity contribution in [1.29, 1.82) is 0 Å². The van der Waals surface area contributed by atoms with E-state index >= 15 is 0 Å². The summed E-state index contributed by atoms with van der Waals surface area (Å²) in [5.41, 5.74) is 0.890. The Bertz CT molecular complexity index is 889. The molecule has 7 nitrogen and oxygen atoms in total. The van der Waals surface area contributed by atoms with E-state index in [9.17, 15) is 9.59 Å². The van der Waals surface area contributed by atoms with Gasteiger partial charge in [-0.05, 0) is 30.3 Å². The number of benzene rings is 1. The second kappa shape index (κ2) is 6.01. The number of rotatable bonds is 4. The first-order chi connectivity index (χ1) is 11.1. The maximum Gasteiger partial charge on any atom is 0.337 e. The van der Waals surface area contributed by atoms with E-state index < -0.39 is 11.9 Å². The largest absolute Gasteiger partial charge is 0.497 e. The molecule has 3 aromatic rings. The number of fused-ring (bicyclic) bond motifs is 1. The van der Waals surface area contributed by atoms with E-state index in [1.54, 1.807) is 19.2 Å². The van der Waals surface area contributed by atoms with Gasteiger partial charge in [-0.25, -0.2) is 9.78 Å². The number of aromatic nitrogens is 2. The van der Waals surface area contributed by atoms with E-state index in [0.717, 1.165) is 16.4 Å². The molecule has 1 amide bonds. The fourth-order valence-electron chi connectivity index (χ4n) is 1.90. The van der Waals surface area contributed by atoms with Crippen molar-refractivity contribution in [3.63, 3.8) is 0 Å². The molecule has 0 saturated carbocycles. The zero-order chi connectivity index (χ0) is 16.4. The lowest BCUT2D eigenvalue weighted by Crippen LogP contribution is -2.13. The molecule has 0 bridgehead atoms. The van der Waals surface area contributed by atoms with E-state index in [2.05, 4.69) is 15.3 Å². The molecular weight excluding hydrogens is 318 g/mol. The quantitative estimate of drug-likeness (QED) is 0.763. The lowest BCUT2D eigenvalue weighted by atomic mass is 10.2. The van der Waals surface area contributed by atoms with E-state index in [0.29, 0.717) is 10.9 Å². The van der Waals surface area contributed by atoms with Gasteiger partial charge in [0.05, 0.1) is 22.9 Å². The molecule has 3 rings (SSSR count). The Morgan fingerprint density at radius 1 is 1.26 bits per heavy atom. The Morgan fingerprint density at radius 2 is 2.09 bits per heavy atom. The molecule has 0 atom stereocenters. The molecule has 2 N–H and O–H groups in total. The van der Waals surface area contributed by atoms with Crippen LogP contribution in [0.3, 0.4) is 0 Å². The van der Waals surface area contributed by atoms with Crippen LogP contribution >= 0.6 is 11.3 Å². The summed E-state index contributed by atoms with van der Waals surface area (Å²) in [6, 6.07) is 8.12. The molecule has 0 aliphatic heterocycles. The van der Waals surface area contributed by atoms with Crippen molar-refractivity contribution in [2.75, 3.05) is 12.4 Å². The van der Waals surface area contributed by atoms with E-state index in [1.165, 1.54) is 23.5 Å². The number of pyridine rings is 1. The predicted octanol–water partition coefficient (Wildman–Crippen LogP) is 2.65. The second-order valence-corrected chi connectivity index (χ2v) is 5.57. The number of aromatic carboxylic acids is 1. The van der Waals surface area contributed by atoms with Crippen molar-refractivity contribution in [1.82, 2.24) is 9.97 Å². The Balaban J connectivity index is 1.80. The number of nitrogens with zero attached hydrogens (tertiary/aromatic N) is 2. The number of ether oxygens (including phenoxy) is 1. The molecule has 0 fully saturated rings. The molecule has 2 heterocycles. The molecule has 0 saturated heterocycles. The molecule has 0 aliphatic rings. The number of carboxylic acid groups (broad SMARTS) is 1. The Labute approximate surface area is 134 Å². The predicted molar refractivity (Wildman–Crippen MR) is 85.3 cm³/mol. The summed E-state index contributed by atoms with van der Waals surface area (Å²) in [6.07, 6.45) is 1.14. The third kappa shape index (κ3) is 3.11. The SMILES string of the molecule is COc1ccc2nc(NC(=O)c3ccc(C(=O)O)cn3)sc2c1. The van der Waals surface area contributed by atoms with Crippen molar-refractivity contribution < 1.29 is 19.4 Å². The maximum absolute atomic E-state index is 12.1. The van der Waals surface area contributed by atoms with Gasteiger partial charge in [-0.1, -0.05) is 11.3 Å². The highest BCUT2D eigenvalue weighted by Crippen LogP contribution is 2.29. The number of thiazole rings is 1. The van der Waals surface area contributed by atoms with Gasteiger partial charge in [0, 0.05) is 6.20 Å². The zero-order valence-corrected chi connectivity index (χ0v) is 12.8. The average Bonchev–Trinajstić information content (AvgIpc) is 2.95. The summed E-state index contributed by atoms with van der Waals surface area (Å²) in [4.78, 5) is 31.0. The normalized spacial score (nSPS) is 10.5. The lowest BCUT2D eigenvalue weighted by Gasteiger charge is -2.01. The fraction of sp³-hybridized carbons (Fsp3) is 0.0667. The maximum atomic E-state index is 12.1. The number of methoxy groups -OCH3 is 1. The molecule has 23 heavy (non-hydrogen) atoms. The highest BCUT2D eigenvalue weighted by molar-refractivity contribution is 7.22. The third-order valence-electron chi connectivity index (χ3n) is 3.06. The first-order valence-electron chi connectivity index (χ1n) is 6.52. The van der Waals surface area contributed by atoms with Crippen LogP contribution in [0.2, 0.25) is 0 Å². The first-order valence-corrected chi connectivity index (χ1v) is 7.34. The molecule has 116 valence electrons. The minimum atomic E-state index is -1.09. The zero-order valence-electron chi connectivity index (χ0n) is 11.9. The highest BCUT2D eigenvalue weighted by Gasteiger charge is 2.12. The Morgan fingerprint density at radius 3 is 2.74 bits per heavy atom. The summed E-state index contributed by atoms with van der Waals surface area (Å²) in [6.45, 7) is 0. The van der Waals surface area contributed by atoms with E-state index in [1.807, 2.05) is 6.07 Å². The van der Waals surface area contributed by atoms with Gasteiger partial charge in [-0.3, -0.25) is 15.1 Å². The molecule has 0 radical (unpaired) electrons. The first kappa shape index (κ1) is 14.9. The van der Waals surface area contributed by atoms with Gasteiger partial charge >= 0.3 is 5.97 Å². The van der Waals surface area contributed by atoms with Crippen LogP contribution in [0.5, 0.6) is 5.75 Å². The Kier molecular flexibility index (Phi) is 3.90. The molecule has 0 aliphatic carbocycles. The minimum absolute atomic E-state index is 0.0219. The number of anilines is 1. The molecular formula is C15H11N3O4S. The number of hydrogen-bond donors (Lipinski definition) is 2. The standard InChI is InChI=1S/C15H11N3O4S/c1-22-9-3-5-10-12(6-9)23-15(17-10)18-13(19)11-4-2-8(7-16-11)14(20)21/h2-7H,1H3,(H,20,21)(H,17,18,19). The van der Waals surface area contributed by atoms with E-state index in [4.69, 9.17) is 9.84 Å². The van der Waals surface area contributed by atoms with E-state index in [-0.39, 0.29) is 11.3 Å². The van der Waals surface area contributed by atoms with Crippen molar-refractivity contribution in [3.8, 4) is 5.75 Å². The van der Waals surface area contributed by atoms with Gasteiger partial charge < -0.3 is 9.84 Å². The molecule has 8 heteroatoms. The lowest BCUT2D eigenvalue weighted by molar-refractivity contribution is 0.0696. The summed E-state index contributed by atoms with van der Waals surface area (Å²) in [5, 5.41) is 11.9. The molecule has 0 spiro atoms. The van der Waals surface area contributed by atoms with Crippen LogP contribution in [0.15, 0.2) is 36.5 Å². The minimum Gasteiger partial charge on any atom is -0.497 e. The number of carbonyl (C=O) groups excluding carboxylic acids is 1. The summed E-state index contributed by atoms with van der Waals surface area (Å²) in [7, 11) is 1.58. The van der Waals surface area contributed by atoms with Crippen molar-refractivity contribution in [2.45, 2.75) is 0 Å². The fourth-order valence-corrected chi connectivity index (χ4v) is 2.79. The highest BCUT2D eigenvalue weighted by atomic mass is 32.1. The van der Waals surface area contributed by atoms with Gasteiger partial charge in [0.2, 0.25) is 0 Å². The van der Waals surface area contributed by atoms with Crippen LogP contribution in [-0.2, 0) is 0 Å². The number of hydrogen-bond acceptors (Lipinski definition) is 6. The van der Waals surface area contributed by atoms with Gasteiger partial charge in [0.1, 0.15) is 11.4 Å². The van der Waals surface area contributed by atoms with Crippen LogP contribution in [-0.4, -0.2) is 34.1 Å². The van der Waals surface area contributed by atoms with Crippen LogP contribution in [0.1, 0.15) is 20.8 Å². The van der Waals surface area contributed by atoms with Crippen LogP contribution in [0.4, 0.5) is 5.13 Å². The molecule has 2 aromatic heterocycles. The number of carbonyl (C=O) groups is 2. The van der Waals surface area contributed by atoms with Crippen LogP contribution in [0.25, 0.3) is 10.2 Å². The number of nitrogens with one attached hydrogen (secondary N) is 1. The van der Waals surface area contributed by atoms with Gasteiger partial charge in [0.25, 0.3) is 5.91 Å². The van der Waals surface area contributed by atoms with Crippen molar-refractivity contribution in [2.24, 2.45) is 0 Å². The smallest absolute Gasteiger partial charge is 0.337 e. The number of amides is 1. The topological polar surface area (TPSA) is 101 Å². The second-order valence-electron chi connectivity index (χ2n) is 4.54. The third-order valence-corrected chi connectivity index (χ3v) is 3.99. The molecule has 1 aromatic carbocycles. The summed E-state index contributed by atoms with van der Waals surface area (Å²) >= 11 is 1.31. The van der Waals surface area contributed by atoms with Crippen LogP contribution < -0.4 is 10.1 Å². The Hall–Kier alpha value is -3.00. The van der Waals surface area contributed by atoms with Gasteiger partial charge in [-0.15, -0.1) is 0 Å². The van der Waals surface area contributed by atoms with Gasteiger partial charge in [0.15, 0.2) is 5.13 Å². The van der Waals surface area contributed by atoms with Gasteiger partial charge in [-0.2, -0.15) is 0 Å². The summed E-state index contributed by atoms with van der Waals surface area (Å²) < 4.78 is 6.03. The monoisotopic (exact) mass is 329 g/mol. The van der Waals surface area contributed by atoms with Crippen molar-refractivity contribution in [3.05, 3.63) is 47.8 Å². The van der Waals surface area contributed by atoms with Crippen molar-refractivity contribution >= 4 is 38.6 Å². The average molecular weight is 329 g/mol. The summed E-state index contributed by atoms with van der Waals surface area (Å²) in [5.74, 6) is -0.831. The molecule has 0 unspecified atom stereocenters. The van der Waals surface area contributed by atoms with Crippen LogP contribution in [0, 0.1) is 0 Å².